The van der Waals surface area contributed by atoms with Crippen molar-refractivity contribution in [3.63, 3.8) is 0 Å². The van der Waals surface area contributed by atoms with E-state index < -0.39 is 10.0 Å². The van der Waals surface area contributed by atoms with Crippen LogP contribution in [-0.2, 0) is 16.6 Å². The lowest BCUT2D eigenvalue weighted by Crippen LogP contribution is -2.41. The van der Waals surface area contributed by atoms with Gasteiger partial charge in [0.15, 0.2) is 0 Å². The van der Waals surface area contributed by atoms with E-state index >= 15 is 0 Å². The molecule has 0 radical (unpaired) electrons. The molecular formula is C14H24N2O2S2. The molecule has 1 aromatic heterocycles. The van der Waals surface area contributed by atoms with E-state index in [-0.39, 0.29) is 6.04 Å². The van der Waals surface area contributed by atoms with E-state index in [1.54, 1.807) is 9.69 Å². The maximum atomic E-state index is 12.7. The molecule has 1 fully saturated rings. The summed E-state index contributed by atoms with van der Waals surface area (Å²) in [5.74, 6) is 0. The minimum absolute atomic E-state index is 0.117. The number of hydrogen-bond donors (Lipinski definition) is 1. The summed E-state index contributed by atoms with van der Waals surface area (Å²) < 4.78 is 27.0. The molecule has 1 N–H and O–H groups in total. The molecule has 6 heteroatoms. The van der Waals surface area contributed by atoms with Gasteiger partial charge in [0, 0.05) is 35.4 Å². The average Bonchev–Trinajstić information content (AvgIpc) is 2.86. The monoisotopic (exact) mass is 316 g/mol. The summed E-state index contributed by atoms with van der Waals surface area (Å²) in [4.78, 5) is 1.53. The lowest BCUT2D eigenvalue weighted by Gasteiger charge is -2.31. The van der Waals surface area contributed by atoms with E-state index in [9.17, 15) is 8.42 Å². The minimum Gasteiger partial charge on any atom is -0.310 e. The zero-order valence-corrected chi connectivity index (χ0v) is 14.1. The zero-order valence-electron chi connectivity index (χ0n) is 12.4. The van der Waals surface area contributed by atoms with Crippen LogP contribution in [0.5, 0.6) is 0 Å². The molecular weight excluding hydrogens is 292 g/mol. The van der Waals surface area contributed by atoms with Crippen LogP contribution in [0.1, 0.15) is 44.9 Å². The molecule has 0 aliphatic carbocycles. The summed E-state index contributed by atoms with van der Waals surface area (Å²) in [6.45, 7) is 7.55. The molecule has 20 heavy (non-hydrogen) atoms. The van der Waals surface area contributed by atoms with Gasteiger partial charge in [0.2, 0.25) is 10.0 Å². The topological polar surface area (TPSA) is 49.4 Å². The third-order valence-corrected chi connectivity index (χ3v) is 6.74. The van der Waals surface area contributed by atoms with Gasteiger partial charge in [-0.1, -0.05) is 20.3 Å². The van der Waals surface area contributed by atoms with Gasteiger partial charge in [-0.15, -0.1) is 11.3 Å². The third kappa shape index (κ3) is 3.61. The molecule has 1 aromatic rings. The van der Waals surface area contributed by atoms with Crippen molar-refractivity contribution in [3.05, 3.63) is 16.3 Å². The van der Waals surface area contributed by atoms with Gasteiger partial charge in [-0.25, -0.2) is 8.42 Å². The van der Waals surface area contributed by atoms with Crippen LogP contribution in [0, 0.1) is 0 Å². The Bertz CT molecular complexity index is 537. The summed E-state index contributed by atoms with van der Waals surface area (Å²) in [5.41, 5.74) is 0. The highest BCUT2D eigenvalue weighted by atomic mass is 32.2. The molecule has 1 unspecified atom stereocenters. The number of nitrogens with zero attached hydrogens (tertiary/aromatic N) is 1. The Hall–Kier alpha value is -0.430. The second-order valence-corrected chi connectivity index (χ2v) is 8.63. The summed E-state index contributed by atoms with van der Waals surface area (Å²) >= 11 is 1.52. The molecule has 1 saturated heterocycles. The molecule has 114 valence electrons. The van der Waals surface area contributed by atoms with Crippen molar-refractivity contribution in [2.45, 2.75) is 63.6 Å². The van der Waals surface area contributed by atoms with Crippen LogP contribution >= 0.6 is 11.3 Å². The van der Waals surface area contributed by atoms with Crippen molar-refractivity contribution in [2.75, 3.05) is 6.54 Å². The highest BCUT2D eigenvalue weighted by molar-refractivity contribution is 7.89. The number of thiophene rings is 1. The Kier molecular flexibility index (Phi) is 5.23. The molecule has 2 rings (SSSR count). The first-order valence-electron chi connectivity index (χ1n) is 7.24. The fourth-order valence-electron chi connectivity index (χ4n) is 2.46. The Morgan fingerprint density at radius 2 is 2.20 bits per heavy atom. The van der Waals surface area contributed by atoms with Gasteiger partial charge < -0.3 is 5.32 Å². The predicted molar refractivity (Wildman–Crippen MR) is 83.5 cm³/mol. The van der Waals surface area contributed by atoms with Gasteiger partial charge >= 0.3 is 0 Å². The average molecular weight is 316 g/mol. The van der Waals surface area contributed by atoms with Gasteiger partial charge in [0.1, 0.15) is 0 Å². The van der Waals surface area contributed by atoms with Crippen LogP contribution in [0.15, 0.2) is 16.3 Å². The molecule has 1 aliphatic heterocycles. The van der Waals surface area contributed by atoms with Crippen molar-refractivity contribution in [3.8, 4) is 0 Å². The lowest BCUT2D eigenvalue weighted by atomic mass is 10.1. The van der Waals surface area contributed by atoms with Crippen LogP contribution in [-0.4, -0.2) is 31.4 Å². The minimum atomic E-state index is -3.31. The van der Waals surface area contributed by atoms with Crippen LogP contribution in [0.25, 0.3) is 0 Å². The van der Waals surface area contributed by atoms with Crippen molar-refractivity contribution < 1.29 is 8.42 Å². The van der Waals surface area contributed by atoms with Crippen LogP contribution in [0.3, 0.4) is 0 Å². The number of rotatable bonds is 5. The van der Waals surface area contributed by atoms with Crippen molar-refractivity contribution in [2.24, 2.45) is 0 Å². The smallest absolute Gasteiger partial charge is 0.244 e. The number of sulfonamides is 1. The second kappa shape index (κ2) is 6.56. The van der Waals surface area contributed by atoms with Crippen LogP contribution in [0.2, 0.25) is 0 Å². The number of hydrogen-bond acceptors (Lipinski definition) is 4. The van der Waals surface area contributed by atoms with E-state index in [1.807, 2.05) is 13.0 Å². The molecule has 0 aromatic carbocycles. The largest absolute Gasteiger partial charge is 0.310 e. The summed E-state index contributed by atoms with van der Waals surface area (Å²) in [5, 5.41) is 5.09. The van der Waals surface area contributed by atoms with Gasteiger partial charge in [0.25, 0.3) is 0 Å². The van der Waals surface area contributed by atoms with E-state index in [1.165, 1.54) is 11.3 Å². The van der Waals surface area contributed by atoms with E-state index in [0.29, 0.717) is 17.5 Å². The number of nitrogens with one attached hydrogen (secondary N) is 1. The third-order valence-electron chi connectivity index (χ3n) is 3.66. The molecule has 4 nitrogen and oxygen atoms in total. The summed E-state index contributed by atoms with van der Waals surface area (Å²) in [6.07, 6.45) is 3.06. The summed E-state index contributed by atoms with van der Waals surface area (Å²) in [7, 11) is -3.31. The van der Waals surface area contributed by atoms with Crippen LogP contribution < -0.4 is 5.32 Å². The predicted octanol–water partition coefficient (Wildman–Crippen LogP) is 2.81. The number of piperidine rings is 1. The molecule has 1 atom stereocenters. The van der Waals surface area contributed by atoms with E-state index in [2.05, 4.69) is 19.2 Å². The fourth-order valence-corrected chi connectivity index (χ4v) is 5.37. The molecule has 0 spiro atoms. The molecule has 0 bridgehead atoms. The normalized spacial score (nSPS) is 21.5. The molecule has 2 heterocycles. The van der Waals surface area contributed by atoms with E-state index in [4.69, 9.17) is 0 Å². The first-order valence-corrected chi connectivity index (χ1v) is 9.56. The molecule has 0 saturated carbocycles. The highest BCUT2D eigenvalue weighted by Gasteiger charge is 2.31. The Balaban J connectivity index is 2.13. The second-order valence-electron chi connectivity index (χ2n) is 5.74. The van der Waals surface area contributed by atoms with E-state index in [0.717, 1.165) is 30.7 Å². The van der Waals surface area contributed by atoms with Gasteiger partial charge in [-0.2, -0.15) is 4.31 Å². The molecule has 0 amide bonds. The van der Waals surface area contributed by atoms with Crippen molar-refractivity contribution in [1.29, 1.82) is 0 Å². The Labute approximate surface area is 126 Å². The zero-order chi connectivity index (χ0) is 14.8. The van der Waals surface area contributed by atoms with Gasteiger partial charge in [-0.05, 0) is 25.8 Å². The van der Waals surface area contributed by atoms with Crippen molar-refractivity contribution in [1.82, 2.24) is 9.62 Å². The lowest BCUT2D eigenvalue weighted by molar-refractivity contribution is 0.269. The highest BCUT2D eigenvalue weighted by Crippen LogP contribution is 2.28. The van der Waals surface area contributed by atoms with Crippen molar-refractivity contribution >= 4 is 21.4 Å². The Morgan fingerprint density at radius 1 is 1.45 bits per heavy atom. The SMILES string of the molecule is CC(C)NCc1cc(S(=O)(=O)N2CCCCC2C)cs1. The van der Waals surface area contributed by atoms with Gasteiger partial charge in [-0.3, -0.25) is 0 Å². The Morgan fingerprint density at radius 3 is 2.85 bits per heavy atom. The summed E-state index contributed by atoms with van der Waals surface area (Å²) in [6, 6.07) is 2.33. The first-order chi connectivity index (χ1) is 9.41. The standard InChI is InChI=1S/C14H24N2O2S2/c1-11(2)15-9-13-8-14(10-19-13)20(17,18)16-7-5-4-6-12(16)3/h8,10-12,15H,4-7,9H2,1-3H3. The quantitative estimate of drug-likeness (QED) is 0.909. The first kappa shape index (κ1) is 15.9. The maximum absolute atomic E-state index is 12.7. The van der Waals surface area contributed by atoms with Gasteiger partial charge in [0.05, 0.1) is 4.90 Å². The maximum Gasteiger partial charge on any atom is 0.244 e. The molecule has 1 aliphatic rings. The van der Waals surface area contributed by atoms with Crippen LogP contribution in [0.4, 0.5) is 0 Å². The fraction of sp³-hybridized carbons (Fsp3) is 0.714.